The Kier molecular flexibility index (Phi) is 7.54. The van der Waals surface area contributed by atoms with Crippen LogP contribution in [0.1, 0.15) is 19.8 Å². The summed E-state index contributed by atoms with van der Waals surface area (Å²) in [5, 5.41) is 2.92. The number of carbonyl (C=O) groups is 2. The summed E-state index contributed by atoms with van der Waals surface area (Å²) in [4.78, 5) is 27.3. The second-order valence-electron chi connectivity index (χ2n) is 5.49. The van der Waals surface area contributed by atoms with Crippen molar-refractivity contribution in [1.29, 1.82) is 0 Å². The van der Waals surface area contributed by atoms with Crippen LogP contribution in [-0.2, 0) is 14.3 Å². The van der Waals surface area contributed by atoms with Crippen molar-refractivity contribution in [2.24, 2.45) is 5.92 Å². The highest BCUT2D eigenvalue weighted by molar-refractivity contribution is 5.78. The lowest BCUT2D eigenvalue weighted by atomic mass is 9.99. The number of nitrogens with one attached hydrogen (secondary N) is 1. The van der Waals surface area contributed by atoms with E-state index in [0.717, 1.165) is 19.4 Å². The molecular weight excluding hydrogens is 258 g/mol. The average Bonchev–Trinajstić information content (AvgIpc) is 2.42. The van der Waals surface area contributed by atoms with Gasteiger partial charge in [0.15, 0.2) is 0 Å². The fourth-order valence-corrected chi connectivity index (χ4v) is 2.17. The number of carbonyl (C=O) groups excluding carboxylic acids is 2. The van der Waals surface area contributed by atoms with Gasteiger partial charge < -0.3 is 19.9 Å². The molecule has 116 valence electrons. The Morgan fingerprint density at radius 1 is 1.15 bits per heavy atom. The lowest BCUT2D eigenvalue weighted by molar-refractivity contribution is -0.131. The molecule has 0 unspecified atom stereocenters. The third kappa shape index (κ3) is 6.34. The zero-order valence-electron chi connectivity index (χ0n) is 12.9. The SMILES string of the molecule is CC(=O)N(CCNC(=O)C1CCOCC1)CCN(C)C. The molecular formula is C14H27N3O3. The van der Waals surface area contributed by atoms with Gasteiger partial charge in [-0.25, -0.2) is 0 Å². The summed E-state index contributed by atoms with van der Waals surface area (Å²) >= 11 is 0. The Bertz CT molecular complexity index is 315. The van der Waals surface area contributed by atoms with Gasteiger partial charge in [-0.15, -0.1) is 0 Å². The van der Waals surface area contributed by atoms with Crippen molar-refractivity contribution in [2.75, 3.05) is 53.5 Å². The molecule has 0 aromatic heterocycles. The first-order valence-corrected chi connectivity index (χ1v) is 7.26. The summed E-state index contributed by atoms with van der Waals surface area (Å²) < 4.78 is 5.24. The minimum absolute atomic E-state index is 0.0483. The zero-order valence-corrected chi connectivity index (χ0v) is 12.9. The van der Waals surface area contributed by atoms with Crippen LogP contribution in [0.5, 0.6) is 0 Å². The van der Waals surface area contributed by atoms with Crippen LogP contribution >= 0.6 is 0 Å². The molecule has 1 rings (SSSR count). The van der Waals surface area contributed by atoms with Crippen molar-refractivity contribution >= 4 is 11.8 Å². The predicted molar refractivity (Wildman–Crippen MR) is 77.4 cm³/mol. The van der Waals surface area contributed by atoms with Crippen LogP contribution in [0.25, 0.3) is 0 Å². The maximum Gasteiger partial charge on any atom is 0.223 e. The van der Waals surface area contributed by atoms with Crippen LogP contribution in [0.2, 0.25) is 0 Å². The fourth-order valence-electron chi connectivity index (χ4n) is 2.17. The molecule has 2 amide bonds. The number of amides is 2. The van der Waals surface area contributed by atoms with Gasteiger partial charge in [0.25, 0.3) is 0 Å². The molecule has 0 saturated carbocycles. The average molecular weight is 285 g/mol. The van der Waals surface area contributed by atoms with E-state index in [1.54, 1.807) is 11.8 Å². The van der Waals surface area contributed by atoms with E-state index >= 15 is 0 Å². The molecule has 20 heavy (non-hydrogen) atoms. The molecule has 1 N–H and O–H groups in total. The lowest BCUT2D eigenvalue weighted by Crippen LogP contribution is -2.42. The Hall–Kier alpha value is -1.14. The van der Waals surface area contributed by atoms with Gasteiger partial charge >= 0.3 is 0 Å². The Morgan fingerprint density at radius 2 is 1.80 bits per heavy atom. The molecule has 0 aromatic rings. The van der Waals surface area contributed by atoms with E-state index in [1.165, 1.54) is 0 Å². The van der Waals surface area contributed by atoms with Crippen molar-refractivity contribution in [3.63, 3.8) is 0 Å². The highest BCUT2D eigenvalue weighted by Crippen LogP contribution is 2.14. The second-order valence-corrected chi connectivity index (χ2v) is 5.49. The Balaban J connectivity index is 2.25. The summed E-state index contributed by atoms with van der Waals surface area (Å²) in [6, 6.07) is 0. The molecule has 1 aliphatic rings. The number of likely N-dealkylation sites (N-methyl/N-ethyl adjacent to an activating group) is 1. The Morgan fingerprint density at radius 3 is 2.35 bits per heavy atom. The van der Waals surface area contributed by atoms with Crippen molar-refractivity contribution < 1.29 is 14.3 Å². The quantitative estimate of drug-likeness (QED) is 0.712. The van der Waals surface area contributed by atoms with Gasteiger partial charge in [-0.1, -0.05) is 0 Å². The summed E-state index contributed by atoms with van der Waals surface area (Å²) in [6.07, 6.45) is 1.59. The fraction of sp³-hybridized carbons (Fsp3) is 0.857. The first-order chi connectivity index (χ1) is 9.50. The van der Waals surface area contributed by atoms with E-state index in [-0.39, 0.29) is 17.7 Å². The molecule has 0 bridgehead atoms. The van der Waals surface area contributed by atoms with E-state index in [1.807, 2.05) is 19.0 Å². The molecule has 6 heteroatoms. The third-order valence-corrected chi connectivity index (χ3v) is 3.54. The second kappa shape index (κ2) is 8.92. The van der Waals surface area contributed by atoms with Crippen molar-refractivity contribution in [3.05, 3.63) is 0 Å². The molecule has 1 fully saturated rings. The van der Waals surface area contributed by atoms with Gasteiger partial charge in [0.1, 0.15) is 0 Å². The number of nitrogens with zero attached hydrogens (tertiary/aromatic N) is 2. The minimum Gasteiger partial charge on any atom is -0.381 e. The van der Waals surface area contributed by atoms with Gasteiger partial charge in [-0.3, -0.25) is 9.59 Å². The van der Waals surface area contributed by atoms with E-state index in [2.05, 4.69) is 5.32 Å². The van der Waals surface area contributed by atoms with Crippen LogP contribution in [0.4, 0.5) is 0 Å². The minimum atomic E-state index is 0.0483. The number of hydrogen-bond acceptors (Lipinski definition) is 4. The first-order valence-electron chi connectivity index (χ1n) is 7.26. The van der Waals surface area contributed by atoms with E-state index in [9.17, 15) is 9.59 Å². The molecule has 0 radical (unpaired) electrons. The molecule has 1 saturated heterocycles. The van der Waals surface area contributed by atoms with E-state index < -0.39 is 0 Å². The topological polar surface area (TPSA) is 61.9 Å². The van der Waals surface area contributed by atoms with Crippen molar-refractivity contribution in [1.82, 2.24) is 15.1 Å². The maximum atomic E-state index is 11.9. The monoisotopic (exact) mass is 285 g/mol. The third-order valence-electron chi connectivity index (χ3n) is 3.54. The molecule has 0 spiro atoms. The molecule has 0 atom stereocenters. The number of hydrogen-bond donors (Lipinski definition) is 1. The van der Waals surface area contributed by atoms with Crippen LogP contribution in [-0.4, -0.2) is 75.1 Å². The molecule has 0 aliphatic carbocycles. The Labute approximate surface area is 121 Å². The van der Waals surface area contributed by atoms with Crippen molar-refractivity contribution in [2.45, 2.75) is 19.8 Å². The van der Waals surface area contributed by atoms with Crippen LogP contribution < -0.4 is 5.32 Å². The smallest absolute Gasteiger partial charge is 0.223 e. The van der Waals surface area contributed by atoms with E-state index in [4.69, 9.17) is 4.74 Å². The van der Waals surface area contributed by atoms with Crippen LogP contribution in [0, 0.1) is 5.92 Å². The summed E-state index contributed by atoms with van der Waals surface area (Å²) in [5.74, 6) is 0.202. The van der Waals surface area contributed by atoms with Crippen molar-refractivity contribution in [3.8, 4) is 0 Å². The van der Waals surface area contributed by atoms with Gasteiger partial charge in [-0.2, -0.15) is 0 Å². The van der Waals surface area contributed by atoms with Gasteiger partial charge in [0, 0.05) is 52.2 Å². The van der Waals surface area contributed by atoms with Gasteiger partial charge in [0.2, 0.25) is 11.8 Å². The maximum absolute atomic E-state index is 11.9. The summed E-state index contributed by atoms with van der Waals surface area (Å²) in [5.41, 5.74) is 0. The van der Waals surface area contributed by atoms with Gasteiger partial charge in [0.05, 0.1) is 0 Å². The largest absolute Gasteiger partial charge is 0.381 e. The molecule has 1 aliphatic heterocycles. The normalized spacial score (nSPS) is 16.2. The number of rotatable bonds is 7. The number of ether oxygens (including phenoxy) is 1. The molecule has 0 aromatic carbocycles. The summed E-state index contributed by atoms with van der Waals surface area (Å²) in [6.45, 7) is 5.50. The summed E-state index contributed by atoms with van der Waals surface area (Å²) in [7, 11) is 3.95. The van der Waals surface area contributed by atoms with Gasteiger partial charge in [-0.05, 0) is 26.9 Å². The van der Waals surface area contributed by atoms with Crippen LogP contribution in [0.15, 0.2) is 0 Å². The highest BCUT2D eigenvalue weighted by atomic mass is 16.5. The zero-order chi connectivity index (χ0) is 15.0. The molecule has 6 nitrogen and oxygen atoms in total. The highest BCUT2D eigenvalue weighted by Gasteiger charge is 2.21. The standard InChI is InChI=1S/C14H27N3O3/c1-12(18)17(9-8-16(2)3)7-6-15-14(19)13-4-10-20-11-5-13/h13H,4-11H2,1-3H3,(H,15,19). The first kappa shape index (κ1) is 16.9. The predicted octanol–water partition coefficient (Wildman–Crippen LogP) is -0.0607. The van der Waals surface area contributed by atoms with E-state index in [0.29, 0.717) is 32.8 Å². The van der Waals surface area contributed by atoms with Crippen LogP contribution in [0.3, 0.4) is 0 Å². The lowest BCUT2D eigenvalue weighted by Gasteiger charge is -2.24. The molecule has 1 heterocycles.